The summed E-state index contributed by atoms with van der Waals surface area (Å²) < 4.78 is 19.3. The predicted molar refractivity (Wildman–Crippen MR) is 227 cm³/mol. The van der Waals surface area contributed by atoms with E-state index < -0.39 is 22.4 Å². The van der Waals surface area contributed by atoms with E-state index in [0.29, 0.717) is 31.9 Å². The molecule has 1 unspecified atom stereocenters. The zero-order chi connectivity index (χ0) is 41.0. The van der Waals surface area contributed by atoms with Crippen molar-refractivity contribution in [3.05, 3.63) is 114 Å². The summed E-state index contributed by atoms with van der Waals surface area (Å²) in [4.78, 5) is 38.7. The first-order chi connectivity index (χ1) is 27.2. The lowest BCUT2D eigenvalue weighted by Crippen LogP contribution is -2.33. The lowest BCUT2D eigenvalue weighted by atomic mass is 9.78. The molecule has 1 N–H and O–H groups in total. The fourth-order valence-corrected chi connectivity index (χ4v) is 8.46. The number of carbonyl (C=O) groups excluding carboxylic acids is 2. The number of ether oxygens (including phenoxy) is 3. The van der Waals surface area contributed by atoms with Crippen molar-refractivity contribution >= 4 is 57.0 Å². The highest BCUT2D eigenvalue weighted by Gasteiger charge is 2.48. The number of rotatable bonds is 16. The van der Waals surface area contributed by atoms with Crippen LogP contribution in [-0.4, -0.2) is 65.7 Å². The largest absolute Gasteiger partial charge is 0.488 e. The Morgan fingerprint density at radius 1 is 0.895 bits per heavy atom. The van der Waals surface area contributed by atoms with Crippen molar-refractivity contribution in [2.24, 2.45) is 0 Å². The van der Waals surface area contributed by atoms with Gasteiger partial charge in [0.05, 0.1) is 30.4 Å². The van der Waals surface area contributed by atoms with Crippen molar-refractivity contribution in [3.8, 4) is 5.75 Å². The van der Waals surface area contributed by atoms with Crippen molar-refractivity contribution in [1.82, 2.24) is 0 Å². The molecular formula is C48H55N2O7+. The zero-order valence-corrected chi connectivity index (χ0v) is 34.3. The van der Waals surface area contributed by atoms with Crippen LogP contribution in [0.2, 0.25) is 0 Å². The Morgan fingerprint density at radius 3 is 2.25 bits per heavy atom. The molecule has 2 aliphatic heterocycles. The van der Waals surface area contributed by atoms with Gasteiger partial charge in [-0.25, -0.2) is 0 Å². The first-order valence-electron chi connectivity index (χ1n) is 19.9. The Hall–Kier alpha value is -5.70. The van der Waals surface area contributed by atoms with Crippen LogP contribution in [0.5, 0.6) is 5.75 Å². The van der Waals surface area contributed by atoms with E-state index in [1.54, 1.807) is 0 Å². The van der Waals surface area contributed by atoms with Gasteiger partial charge in [0.2, 0.25) is 5.69 Å². The van der Waals surface area contributed by atoms with Gasteiger partial charge in [-0.3, -0.25) is 14.4 Å². The number of aliphatic carboxylic acids is 1. The summed E-state index contributed by atoms with van der Waals surface area (Å²) in [5, 5.41) is 14.4. The molecule has 0 bridgehead atoms. The normalized spacial score (nSPS) is 18.2. The lowest BCUT2D eigenvalue weighted by Gasteiger charge is -2.29. The third kappa shape index (κ3) is 8.38. The number of allylic oxidation sites excluding steroid dienone is 6. The van der Waals surface area contributed by atoms with Gasteiger partial charge in [-0.15, -0.1) is 0 Å². The minimum Gasteiger partial charge on any atom is -0.488 e. The molecule has 1 atom stereocenters. The van der Waals surface area contributed by atoms with E-state index in [-0.39, 0.29) is 25.4 Å². The van der Waals surface area contributed by atoms with Gasteiger partial charge in [0.15, 0.2) is 12.3 Å². The Kier molecular flexibility index (Phi) is 12.1. The van der Waals surface area contributed by atoms with Crippen LogP contribution < -0.4 is 9.64 Å². The van der Waals surface area contributed by atoms with E-state index in [1.165, 1.54) is 10.9 Å². The van der Waals surface area contributed by atoms with E-state index in [4.69, 9.17) is 14.2 Å². The van der Waals surface area contributed by atoms with Gasteiger partial charge in [0, 0.05) is 28.4 Å². The van der Waals surface area contributed by atoms with Gasteiger partial charge in [-0.2, -0.15) is 4.58 Å². The van der Waals surface area contributed by atoms with E-state index in [2.05, 4.69) is 72.7 Å². The smallest absolute Gasteiger partial charge is 0.309 e. The van der Waals surface area contributed by atoms with E-state index in [1.807, 2.05) is 82.3 Å². The number of fused-ring (bicyclic) bond motifs is 7. The van der Waals surface area contributed by atoms with E-state index in [9.17, 15) is 19.5 Å². The van der Waals surface area contributed by atoms with Crippen LogP contribution in [0, 0.1) is 0 Å². The topological polar surface area (TPSA) is 105 Å². The number of carbonyl (C=O) groups is 3. The molecule has 9 nitrogen and oxygen atoms in total. The SMILES string of the molecule is CCCCOC(=O)CC1(C)C(=CC=CC=CC2=[N+](CCC(=O)O)c3c(c4ccccc4c4ccccc34)C2(C)C)N(CCOC=O)c2ccc(OC(C)(C)C)cc21. The minimum absolute atomic E-state index is 0.0118. The molecule has 9 heteroatoms. The molecule has 2 aliphatic rings. The zero-order valence-electron chi connectivity index (χ0n) is 34.3. The summed E-state index contributed by atoms with van der Waals surface area (Å²) in [6, 6.07) is 22.7. The quantitative estimate of drug-likeness (QED) is 0.0300. The molecule has 0 saturated heterocycles. The molecule has 0 amide bonds. The second-order valence-corrected chi connectivity index (χ2v) is 16.5. The van der Waals surface area contributed by atoms with E-state index >= 15 is 0 Å². The van der Waals surface area contributed by atoms with Crippen molar-refractivity contribution < 1.29 is 38.3 Å². The molecule has 0 aliphatic carbocycles. The Bertz CT molecular complexity index is 2310. The summed E-state index contributed by atoms with van der Waals surface area (Å²) in [7, 11) is 0. The van der Waals surface area contributed by atoms with Gasteiger partial charge in [-0.1, -0.05) is 74.0 Å². The molecule has 4 aromatic carbocycles. The average molecular weight is 772 g/mol. The number of carboxylic acid groups (broad SMARTS) is 1. The predicted octanol–water partition coefficient (Wildman–Crippen LogP) is 9.70. The standard InChI is InChI=1S/C48H54N2O7/c1-8-9-28-56-43(54)31-48(7)38-30-33(57-46(2,3)4)23-24-39(38)49(27-29-55-32-51)41(48)22-12-10-11-21-40-47(5,6)44-36-19-15-13-17-34(36)35-18-14-16-20-37(35)45(44)50(40)26-25-42(52)53/h10-24,30,32H,8-9,25-29,31H2,1-7H3/p+1. The highest BCUT2D eigenvalue weighted by molar-refractivity contribution is 6.18. The van der Waals surface area contributed by atoms with Crippen molar-refractivity contribution in [2.75, 3.05) is 31.2 Å². The highest BCUT2D eigenvalue weighted by Crippen LogP contribution is 2.52. The fourth-order valence-electron chi connectivity index (χ4n) is 8.46. The maximum atomic E-state index is 13.4. The van der Waals surface area contributed by atoms with E-state index in [0.717, 1.165) is 57.3 Å². The first-order valence-corrected chi connectivity index (χ1v) is 19.9. The first kappa shape index (κ1) is 40.9. The number of anilines is 1. The molecule has 57 heavy (non-hydrogen) atoms. The van der Waals surface area contributed by atoms with Crippen LogP contribution in [0.25, 0.3) is 21.5 Å². The van der Waals surface area contributed by atoms with Crippen LogP contribution in [-0.2, 0) is 34.7 Å². The van der Waals surface area contributed by atoms with Crippen LogP contribution in [0.3, 0.4) is 0 Å². The van der Waals surface area contributed by atoms with Gasteiger partial charge >= 0.3 is 11.9 Å². The Labute approximate surface area is 335 Å². The molecule has 0 fully saturated rings. The number of unbranched alkanes of at least 4 members (excludes halogenated alkanes) is 1. The number of nitrogens with zero attached hydrogens (tertiary/aromatic N) is 2. The number of esters is 1. The molecule has 298 valence electrons. The Balaban J connectivity index is 1.42. The van der Waals surface area contributed by atoms with Crippen molar-refractivity contribution in [1.29, 1.82) is 0 Å². The summed E-state index contributed by atoms with van der Waals surface area (Å²) >= 11 is 0. The molecule has 0 aromatic heterocycles. The monoisotopic (exact) mass is 771 g/mol. The molecule has 0 saturated carbocycles. The van der Waals surface area contributed by atoms with Crippen LogP contribution in [0.1, 0.15) is 85.3 Å². The summed E-state index contributed by atoms with van der Waals surface area (Å²) in [6.07, 6.45) is 11.8. The van der Waals surface area contributed by atoms with Crippen LogP contribution >= 0.6 is 0 Å². The number of hydrogen-bond donors (Lipinski definition) is 1. The summed E-state index contributed by atoms with van der Waals surface area (Å²) in [5.74, 6) is -0.446. The molecule has 0 radical (unpaired) electrons. The third-order valence-corrected chi connectivity index (χ3v) is 10.9. The highest BCUT2D eigenvalue weighted by atomic mass is 16.5. The summed E-state index contributed by atoms with van der Waals surface area (Å²) in [6.45, 7) is 16.2. The molecule has 6 rings (SSSR count). The maximum absolute atomic E-state index is 13.4. The van der Waals surface area contributed by atoms with Crippen molar-refractivity contribution in [3.63, 3.8) is 0 Å². The summed E-state index contributed by atoms with van der Waals surface area (Å²) in [5.41, 5.74) is 4.27. The third-order valence-electron chi connectivity index (χ3n) is 10.9. The number of hydrogen-bond acceptors (Lipinski definition) is 7. The van der Waals surface area contributed by atoms with Crippen molar-refractivity contribution in [2.45, 2.75) is 90.6 Å². The van der Waals surface area contributed by atoms with Gasteiger partial charge < -0.3 is 24.2 Å². The van der Waals surface area contributed by atoms with Gasteiger partial charge in [0.25, 0.3) is 6.47 Å². The average Bonchev–Trinajstić information content (AvgIpc) is 3.52. The second kappa shape index (κ2) is 16.8. The Morgan fingerprint density at radius 2 is 1.58 bits per heavy atom. The number of benzene rings is 4. The molecule has 0 spiro atoms. The van der Waals surface area contributed by atoms with Crippen LogP contribution in [0.4, 0.5) is 11.4 Å². The van der Waals surface area contributed by atoms with Crippen LogP contribution in [0.15, 0.2) is 103 Å². The molecule has 4 aromatic rings. The second-order valence-electron chi connectivity index (χ2n) is 16.5. The maximum Gasteiger partial charge on any atom is 0.309 e. The molecule has 2 heterocycles. The van der Waals surface area contributed by atoms with Gasteiger partial charge in [-0.05, 0) is 100 Å². The molecular weight excluding hydrogens is 717 g/mol. The fraction of sp³-hybridized carbons (Fsp3) is 0.375. The van der Waals surface area contributed by atoms with Gasteiger partial charge in [0.1, 0.15) is 24.4 Å². The number of carboxylic acids is 1. The minimum atomic E-state index is -0.851. The lowest BCUT2D eigenvalue weighted by molar-refractivity contribution is -0.435.